The van der Waals surface area contributed by atoms with Gasteiger partial charge in [0, 0.05) is 42.9 Å². The molecule has 0 atom stereocenters. The van der Waals surface area contributed by atoms with Crippen LogP contribution in [0.25, 0.3) is 22.2 Å². The lowest BCUT2D eigenvalue weighted by Gasteiger charge is -2.35. The number of hydrogen-bond acceptors (Lipinski definition) is 3. The Bertz CT molecular complexity index is 904. The van der Waals surface area contributed by atoms with E-state index in [-0.39, 0.29) is 18.8 Å². The maximum Gasteiger partial charge on any atom is 0.248 e. The van der Waals surface area contributed by atoms with Gasteiger partial charge in [-0.15, -0.1) is 0 Å². The molecular formula is C17H16F2IN3O. The molecule has 0 amide bonds. The molecule has 0 radical (unpaired) electrons. The number of nitrogens with zero attached hydrogens (tertiary/aromatic N) is 3. The van der Waals surface area contributed by atoms with Crippen LogP contribution in [0.1, 0.15) is 24.3 Å². The molecule has 0 saturated heterocycles. The van der Waals surface area contributed by atoms with Crippen LogP contribution in [0.4, 0.5) is 8.78 Å². The van der Waals surface area contributed by atoms with E-state index in [2.05, 4.69) is 32.7 Å². The zero-order valence-corrected chi connectivity index (χ0v) is 15.5. The standard InChI is InChI=1S/C17H16F2IN3O/c1-9-15(10(2)24-22-9)12-3-14-16(21-6-12)13(20)8-23(14)7-11-4-17(18,19)5-11/h3,6,8,11H,4-5,7H2,1-2H3. The molecular weight excluding hydrogens is 427 g/mol. The molecule has 0 bridgehead atoms. The molecule has 0 N–H and O–H groups in total. The van der Waals surface area contributed by atoms with Crippen LogP contribution in [-0.2, 0) is 6.54 Å². The number of alkyl halides is 2. The van der Waals surface area contributed by atoms with Crippen molar-refractivity contribution in [1.29, 1.82) is 0 Å². The minimum Gasteiger partial charge on any atom is -0.361 e. The van der Waals surface area contributed by atoms with Crippen LogP contribution in [0.2, 0.25) is 0 Å². The summed E-state index contributed by atoms with van der Waals surface area (Å²) in [5.74, 6) is -1.71. The van der Waals surface area contributed by atoms with Crippen molar-refractivity contribution in [1.82, 2.24) is 14.7 Å². The second kappa shape index (κ2) is 5.50. The summed E-state index contributed by atoms with van der Waals surface area (Å²) < 4.78 is 34.5. The molecule has 4 rings (SSSR count). The fraction of sp³-hybridized carbons (Fsp3) is 0.412. The molecule has 3 aromatic heterocycles. The molecule has 1 aliphatic carbocycles. The Hall–Kier alpha value is -1.51. The first-order valence-electron chi connectivity index (χ1n) is 7.79. The van der Waals surface area contributed by atoms with Crippen LogP contribution in [0.15, 0.2) is 23.0 Å². The maximum atomic E-state index is 13.1. The van der Waals surface area contributed by atoms with Crippen molar-refractivity contribution in [3.63, 3.8) is 0 Å². The molecule has 7 heteroatoms. The molecule has 0 spiro atoms. The lowest BCUT2D eigenvalue weighted by molar-refractivity contribution is -0.113. The molecule has 4 nitrogen and oxygen atoms in total. The van der Waals surface area contributed by atoms with Crippen molar-refractivity contribution in [2.24, 2.45) is 5.92 Å². The minimum absolute atomic E-state index is 0.0223. The van der Waals surface area contributed by atoms with Gasteiger partial charge in [0.05, 0.1) is 14.8 Å². The first-order valence-corrected chi connectivity index (χ1v) is 8.87. The number of aryl methyl sites for hydroxylation is 2. The molecule has 0 aliphatic heterocycles. The molecule has 24 heavy (non-hydrogen) atoms. The zero-order valence-electron chi connectivity index (χ0n) is 13.3. The Labute approximate surface area is 151 Å². The van der Waals surface area contributed by atoms with Gasteiger partial charge in [0.2, 0.25) is 5.92 Å². The normalized spacial score (nSPS) is 17.4. The number of halogens is 3. The third-order valence-corrected chi connectivity index (χ3v) is 5.41. The van der Waals surface area contributed by atoms with E-state index in [1.54, 1.807) is 0 Å². The number of hydrogen-bond donors (Lipinski definition) is 0. The van der Waals surface area contributed by atoms with Gasteiger partial charge in [-0.05, 0) is 48.4 Å². The summed E-state index contributed by atoms with van der Waals surface area (Å²) in [7, 11) is 0. The molecule has 0 unspecified atom stereocenters. The van der Waals surface area contributed by atoms with Gasteiger partial charge in [-0.2, -0.15) is 0 Å². The third-order valence-electron chi connectivity index (χ3n) is 4.62. The monoisotopic (exact) mass is 443 g/mol. The Morgan fingerprint density at radius 3 is 2.75 bits per heavy atom. The molecule has 3 heterocycles. The summed E-state index contributed by atoms with van der Waals surface area (Å²) in [5.41, 5.74) is 4.57. The first-order chi connectivity index (χ1) is 11.3. The highest BCUT2D eigenvalue weighted by Crippen LogP contribution is 2.43. The van der Waals surface area contributed by atoms with Gasteiger partial charge < -0.3 is 9.09 Å². The fourth-order valence-corrected chi connectivity index (χ4v) is 4.25. The van der Waals surface area contributed by atoms with Gasteiger partial charge in [0.25, 0.3) is 0 Å². The largest absolute Gasteiger partial charge is 0.361 e. The average molecular weight is 443 g/mol. The molecule has 0 aromatic carbocycles. The van der Waals surface area contributed by atoms with Crippen LogP contribution >= 0.6 is 22.6 Å². The van der Waals surface area contributed by atoms with E-state index in [1.807, 2.05) is 36.9 Å². The number of pyridine rings is 1. The van der Waals surface area contributed by atoms with Gasteiger partial charge in [-0.25, -0.2) is 8.78 Å². The summed E-state index contributed by atoms with van der Waals surface area (Å²) in [6.45, 7) is 4.37. The van der Waals surface area contributed by atoms with Gasteiger partial charge in [0.1, 0.15) is 11.3 Å². The highest BCUT2D eigenvalue weighted by atomic mass is 127. The molecule has 3 aromatic rings. The summed E-state index contributed by atoms with van der Waals surface area (Å²) >= 11 is 2.24. The van der Waals surface area contributed by atoms with Crippen molar-refractivity contribution in [3.05, 3.63) is 33.5 Å². The predicted octanol–water partition coefficient (Wildman–Crippen LogP) is 4.96. The fourth-order valence-electron chi connectivity index (χ4n) is 3.50. The summed E-state index contributed by atoms with van der Waals surface area (Å²) in [4.78, 5) is 4.57. The zero-order chi connectivity index (χ0) is 17.1. The Morgan fingerprint density at radius 2 is 2.12 bits per heavy atom. The van der Waals surface area contributed by atoms with Crippen molar-refractivity contribution in [2.45, 2.75) is 39.2 Å². The predicted molar refractivity (Wildman–Crippen MR) is 95.1 cm³/mol. The Kier molecular flexibility index (Phi) is 3.67. The van der Waals surface area contributed by atoms with Gasteiger partial charge in [-0.3, -0.25) is 4.98 Å². The van der Waals surface area contributed by atoms with E-state index in [9.17, 15) is 8.78 Å². The lowest BCUT2D eigenvalue weighted by atomic mass is 9.81. The van der Waals surface area contributed by atoms with Gasteiger partial charge in [0.15, 0.2) is 0 Å². The highest BCUT2D eigenvalue weighted by Gasteiger charge is 2.45. The maximum absolute atomic E-state index is 13.1. The van der Waals surface area contributed by atoms with Gasteiger partial charge >= 0.3 is 0 Å². The first kappa shape index (κ1) is 16.0. The van der Waals surface area contributed by atoms with E-state index < -0.39 is 5.92 Å². The smallest absolute Gasteiger partial charge is 0.248 e. The van der Waals surface area contributed by atoms with Crippen molar-refractivity contribution in [2.75, 3.05) is 0 Å². The van der Waals surface area contributed by atoms with Crippen LogP contribution in [-0.4, -0.2) is 20.6 Å². The van der Waals surface area contributed by atoms with Crippen molar-refractivity contribution >= 4 is 33.6 Å². The Morgan fingerprint density at radius 1 is 1.38 bits per heavy atom. The van der Waals surface area contributed by atoms with Crippen LogP contribution < -0.4 is 0 Å². The summed E-state index contributed by atoms with van der Waals surface area (Å²) in [6.07, 6.45) is 3.76. The molecule has 1 saturated carbocycles. The lowest BCUT2D eigenvalue weighted by Crippen LogP contribution is -2.37. The van der Waals surface area contributed by atoms with E-state index in [0.717, 1.165) is 37.2 Å². The second-order valence-electron chi connectivity index (χ2n) is 6.55. The average Bonchev–Trinajstić information content (AvgIpc) is 2.97. The molecule has 1 fully saturated rings. The van der Waals surface area contributed by atoms with Crippen molar-refractivity contribution < 1.29 is 13.3 Å². The number of rotatable bonds is 3. The Balaban J connectivity index is 1.74. The number of fused-ring (bicyclic) bond motifs is 1. The molecule has 126 valence electrons. The van der Waals surface area contributed by atoms with Crippen LogP contribution in [0, 0.1) is 23.3 Å². The van der Waals surface area contributed by atoms with E-state index in [4.69, 9.17) is 4.52 Å². The third kappa shape index (κ3) is 2.62. The van der Waals surface area contributed by atoms with Crippen LogP contribution in [0.3, 0.4) is 0 Å². The molecule has 1 aliphatic rings. The van der Waals surface area contributed by atoms with Gasteiger partial charge in [-0.1, -0.05) is 5.16 Å². The second-order valence-corrected chi connectivity index (χ2v) is 7.71. The van der Waals surface area contributed by atoms with E-state index in [1.165, 1.54) is 0 Å². The minimum atomic E-state index is -2.49. The summed E-state index contributed by atoms with van der Waals surface area (Å²) in [6, 6.07) is 2.05. The quantitative estimate of drug-likeness (QED) is 0.538. The van der Waals surface area contributed by atoms with E-state index >= 15 is 0 Å². The topological polar surface area (TPSA) is 43.9 Å². The highest BCUT2D eigenvalue weighted by molar-refractivity contribution is 14.1. The van der Waals surface area contributed by atoms with Crippen LogP contribution in [0.5, 0.6) is 0 Å². The summed E-state index contributed by atoms with van der Waals surface area (Å²) in [5, 5.41) is 3.99. The SMILES string of the molecule is Cc1noc(C)c1-c1cnc2c(I)cn(CC3CC(F)(F)C3)c2c1. The number of aromatic nitrogens is 3. The van der Waals surface area contributed by atoms with Crippen molar-refractivity contribution in [3.8, 4) is 11.1 Å². The van der Waals surface area contributed by atoms with E-state index in [0.29, 0.717) is 6.54 Å².